The predicted molar refractivity (Wildman–Crippen MR) is 109 cm³/mol. The minimum absolute atomic E-state index is 0.00738. The van der Waals surface area contributed by atoms with Gasteiger partial charge in [0.15, 0.2) is 0 Å². The molecule has 0 atom stereocenters. The van der Waals surface area contributed by atoms with Crippen molar-refractivity contribution in [2.75, 3.05) is 37.7 Å². The van der Waals surface area contributed by atoms with Crippen LogP contribution in [0.15, 0.2) is 36.5 Å². The van der Waals surface area contributed by atoms with E-state index in [-0.39, 0.29) is 37.9 Å². The normalized spacial score (nSPS) is 15.1. The molecule has 0 aliphatic carbocycles. The lowest BCUT2D eigenvalue weighted by Gasteiger charge is -2.23. The summed E-state index contributed by atoms with van der Waals surface area (Å²) in [4.78, 5) is 31.9. The molecule has 1 aromatic carbocycles. The number of ether oxygens (including phenoxy) is 1. The third kappa shape index (κ3) is 5.97. The van der Waals surface area contributed by atoms with Gasteiger partial charge in [0.25, 0.3) is 5.91 Å². The monoisotopic (exact) mass is 489 g/mol. The Morgan fingerprint density at radius 2 is 1.56 bits per heavy atom. The van der Waals surface area contributed by atoms with Crippen LogP contribution in [-0.2, 0) is 17.1 Å². The zero-order valence-electron chi connectivity index (χ0n) is 18.0. The topological polar surface area (TPSA) is 62.7 Å². The number of carbonyl (C=O) groups is 2. The lowest BCUT2D eigenvalue weighted by atomic mass is 10.0. The van der Waals surface area contributed by atoms with Crippen molar-refractivity contribution in [1.29, 1.82) is 0 Å². The third-order valence-electron chi connectivity index (χ3n) is 5.20. The first-order valence-corrected chi connectivity index (χ1v) is 10.4. The molecule has 3 rings (SSSR count). The summed E-state index contributed by atoms with van der Waals surface area (Å²) in [6.07, 6.45) is -8.30. The van der Waals surface area contributed by atoms with E-state index in [1.54, 1.807) is 13.0 Å². The summed E-state index contributed by atoms with van der Waals surface area (Å²) in [6.45, 7) is 2.81. The van der Waals surface area contributed by atoms with Crippen LogP contribution in [0.5, 0.6) is 0 Å². The van der Waals surface area contributed by atoms with E-state index in [1.165, 1.54) is 17.2 Å². The first kappa shape index (κ1) is 25.3. The number of rotatable bonds is 4. The number of amides is 1. The first-order chi connectivity index (χ1) is 15.9. The fraction of sp³-hybridized carbons (Fsp3) is 0.409. The van der Waals surface area contributed by atoms with Crippen LogP contribution in [0.25, 0.3) is 0 Å². The van der Waals surface area contributed by atoms with Crippen molar-refractivity contribution in [3.05, 3.63) is 58.8 Å². The number of pyridine rings is 1. The van der Waals surface area contributed by atoms with E-state index >= 15 is 0 Å². The number of benzene rings is 1. The zero-order valence-corrected chi connectivity index (χ0v) is 18.0. The van der Waals surface area contributed by atoms with E-state index in [4.69, 9.17) is 4.74 Å². The number of hydrogen-bond acceptors (Lipinski definition) is 5. The average Bonchev–Trinajstić information content (AvgIpc) is 3.04. The van der Waals surface area contributed by atoms with Crippen LogP contribution in [0.4, 0.5) is 32.2 Å². The molecular formula is C22H21F6N3O3. The summed E-state index contributed by atoms with van der Waals surface area (Å²) in [7, 11) is 0. The van der Waals surface area contributed by atoms with Gasteiger partial charge >= 0.3 is 18.3 Å². The van der Waals surface area contributed by atoms with E-state index < -0.39 is 40.9 Å². The van der Waals surface area contributed by atoms with Crippen molar-refractivity contribution in [2.24, 2.45) is 0 Å². The van der Waals surface area contributed by atoms with Crippen LogP contribution in [0.3, 0.4) is 0 Å². The van der Waals surface area contributed by atoms with Gasteiger partial charge in [-0.25, -0.2) is 9.78 Å². The minimum Gasteiger partial charge on any atom is -0.462 e. The highest BCUT2D eigenvalue weighted by molar-refractivity contribution is 5.95. The largest absolute Gasteiger partial charge is 0.462 e. The molecule has 0 bridgehead atoms. The van der Waals surface area contributed by atoms with Crippen LogP contribution in [0.2, 0.25) is 0 Å². The predicted octanol–water partition coefficient (Wildman–Crippen LogP) is 4.65. The Morgan fingerprint density at radius 3 is 2.09 bits per heavy atom. The maximum absolute atomic E-state index is 13.1. The Kier molecular flexibility index (Phi) is 7.37. The van der Waals surface area contributed by atoms with Gasteiger partial charge in [-0.2, -0.15) is 26.3 Å². The van der Waals surface area contributed by atoms with Crippen LogP contribution in [0.1, 0.15) is 45.2 Å². The number of alkyl halides is 6. The lowest BCUT2D eigenvalue weighted by Crippen LogP contribution is -2.35. The van der Waals surface area contributed by atoms with Gasteiger partial charge in [-0.15, -0.1) is 0 Å². The molecule has 0 N–H and O–H groups in total. The maximum atomic E-state index is 13.1. The fourth-order valence-electron chi connectivity index (χ4n) is 3.52. The van der Waals surface area contributed by atoms with Gasteiger partial charge in [0, 0.05) is 37.9 Å². The van der Waals surface area contributed by atoms with Crippen molar-refractivity contribution in [1.82, 2.24) is 9.88 Å². The van der Waals surface area contributed by atoms with Gasteiger partial charge in [-0.1, -0.05) is 0 Å². The van der Waals surface area contributed by atoms with E-state index in [0.717, 1.165) is 0 Å². The number of hydrogen-bond donors (Lipinski definition) is 0. The van der Waals surface area contributed by atoms with E-state index in [9.17, 15) is 35.9 Å². The molecule has 1 aliphatic heterocycles. The number of halogens is 6. The second-order valence-electron chi connectivity index (χ2n) is 7.55. The number of nitrogens with zero attached hydrogens (tertiary/aromatic N) is 3. The van der Waals surface area contributed by atoms with Crippen molar-refractivity contribution in [2.45, 2.75) is 25.7 Å². The number of carbonyl (C=O) groups excluding carboxylic acids is 2. The summed E-state index contributed by atoms with van der Waals surface area (Å²) >= 11 is 0. The van der Waals surface area contributed by atoms with Gasteiger partial charge in [-0.05, 0) is 43.7 Å². The lowest BCUT2D eigenvalue weighted by molar-refractivity contribution is -0.143. The molecule has 0 unspecified atom stereocenters. The Hall–Kier alpha value is -3.31. The molecule has 1 aliphatic rings. The standard InChI is InChI=1S/C22H21F6N3O3/c1-2-34-20(33)14-4-5-18(29-13-14)30-6-3-7-31(9-8-30)19(32)15-10-16(21(23,24)25)12-17(11-15)22(26,27)28/h4-5,10-13H,2-3,6-9H2,1H3. The second-order valence-corrected chi connectivity index (χ2v) is 7.55. The Labute approximate surface area is 191 Å². The molecule has 2 heterocycles. The molecule has 0 radical (unpaired) electrons. The summed E-state index contributed by atoms with van der Waals surface area (Å²) in [5, 5.41) is 0. The van der Waals surface area contributed by atoms with Gasteiger partial charge in [0.05, 0.1) is 23.3 Å². The summed E-state index contributed by atoms with van der Waals surface area (Å²) in [6, 6.07) is 4.01. The third-order valence-corrected chi connectivity index (χ3v) is 5.20. The minimum atomic E-state index is -5.03. The maximum Gasteiger partial charge on any atom is 0.416 e. The molecule has 1 fully saturated rings. The molecular weight excluding hydrogens is 468 g/mol. The van der Waals surface area contributed by atoms with Gasteiger partial charge in [0.1, 0.15) is 5.82 Å². The first-order valence-electron chi connectivity index (χ1n) is 10.4. The number of esters is 1. The van der Waals surface area contributed by atoms with Gasteiger partial charge < -0.3 is 14.5 Å². The van der Waals surface area contributed by atoms with Gasteiger partial charge in [0.2, 0.25) is 0 Å². The molecule has 1 amide bonds. The number of anilines is 1. The highest BCUT2D eigenvalue weighted by Gasteiger charge is 2.38. The quantitative estimate of drug-likeness (QED) is 0.462. The Balaban J connectivity index is 1.76. The molecule has 1 aromatic heterocycles. The highest BCUT2D eigenvalue weighted by atomic mass is 19.4. The van der Waals surface area contributed by atoms with E-state index in [1.807, 2.05) is 4.90 Å². The van der Waals surface area contributed by atoms with Crippen LogP contribution >= 0.6 is 0 Å². The summed E-state index contributed by atoms with van der Waals surface area (Å²) in [5.41, 5.74) is -3.48. The second kappa shape index (κ2) is 9.90. The number of aromatic nitrogens is 1. The van der Waals surface area contributed by atoms with Crippen molar-refractivity contribution in [3.63, 3.8) is 0 Å². The smallest absolute Gasteiger partial charge is 0.416 e. The average molecular weight is 489 g/mol. The molecule has 0 saturated carbocycles. The molecule has 1 saturated heterocycles. The molecule has 2 aromatic rings. The molecule has 0 spiro atoms. The van der Waals surface area contributed by atoms with Crippen LogP contribution in [0, 0.1) is 0 Å². The Morgan fingerprint density at radius 1 is 0.912 bits per heavy atom. The summed E-state index contributed by atoms with van der Waals surface area (Å²) in [5.74, 6) is -0.918. The Bertz CT molecular complexity index is 1010. The molecule has 34 heavy (non-hydrogen) atoms. The molecule has 6 nitrogen and oxygen atoms in total. The van der Waals surface area contributed by atoms with Crippen molar-refractivity contribution in [3.8, 4) is 0 Å². The summed E-state index contributed by atoms with van der Waals surface area (Å²) < 4.78 is 83.7. The highest BCUT2D eigenvalue weighted by Crippen LogP contribution is 2.36. The molecule has 12 heteroatoms. The van der Waals surface area contributed by atoms with E-state index in [2.05, 4.69) is 4.98 Å². The fourth-order valence-corrected chi connectivity index (χ4v) is 3.52. The van der Waals surface area contributed by atoms with E-state index in [0.29, 0.717) is 30.9 Å². The van der Waals surface area contributed by atoms with Crippen molar-refractivity contribution >= 4 is 17.7 Å². The van der Waals surface area contributed by atoms with Crippen molar-refractivity contribution < 1.29 is 40.7 Å². The zero-order chi connectivity index (χ0) is 25.1. The van der Waals surface area contributed by atoms with Crippen LogP contribution in [-0.4, -0.2) is 54.5 Å². The van der Waals surface area contributed by atoms with Gasteiger partial charge in [-0.3, -0.25) is 4.79 Å². The SMILES string of the molecule is CCOC(=O)c1ccc(N2CCCN(C(=O)c3cc(C(F)(F)F)cc(C(F)(F)F)c3)CC2)nc1. The molecule has 184 valence electrons. The van der Waals surface area contributed by atoms with Crippen LogP contribution < -0.4 is 4.90 Å².